The minimum atomic E-state index is -0.110. The van der Waals surface area contributed by atoms with E-state index in [1.165, 1.54) is 4.68 Å². The molecule has 3 rings (SSSR count). The van der Waals surface area contributed by atoms with Gasteiger partial charge in [0.05, 0.1) is 34.5 Å². The second-order valence-corrected chi connectivity index (χ2v) is 7.99. The molecule has 2 aromatic rings. The van der Waals surface area contributed by atoms with Crippen molar-refractivity contribution >= 4 is 12.0 Å². The molecule has 1 amide bonds. The van der Waals surface area contributed by atoms with Crippen molar-refractivity contribution in [3.63, 3.8) is 0 Å². The van der Waals surface area contributed by atoms with Gasteiger partial charge in [-0.2, -0.15) is 5.10 Å². The number of carbonyl (C=O) groups excluding carboxylic acids is 1. The van der Waals surface area contributed by atoms with Crippen LogP contribution in [0, 0.1) is 0 Å². The van der Waals surface area contributed by atoms with Gasteiger partial charge < -0.3 is 23.8 Å². The highest BCUT2D eigenvalue weighted by atomic mass is 16.5. The molecule has 10 heteroatoms. The van der Waals surface area contributed by atoms with Crippen molar-refractivity contribution in [2.45, 2.75) is 38.8 Å². The molecule has 0 radical (unpaired) electrons. The maximum Gasteiger partial charge on any atom is 0.345 e. The summed E-state index contributed by atoms with van der Waals surface area (Å²) >= 11 is 0. The Balaban J connectivity index is 1.67. The zero-order chi connectivity index (χ0) is 24.7. The predicted molar refractivity (Wildman–Crippen MR) is 128 cm³/mol. The summed E-state index contributed by atoms with van der Waals surface area (Å²) in [5.74, 6) is 2.43. The van der Waals surface area contributed by atoms with Gasteiger partial charge in [-0.25, -0.2) is 9.48 Å². The first-order valence-electron chi connectivity index (χ1n) is 11.4. The van der Waals surface area contributed by atoms with Crippen LogP contribution in [0.2, 0.25) is 0 Å². The molecule has 1 saturated heterocycles. The molecule has 10 nitrogen and oxygen atoms in total. The number of hydrogen-bond acceptors (Lipinski definition) is 7. The first kappa shape index (κ1) is 25.4. The molecule has 2 heterocycles. The summed E-state index contributed by atoms with van der Waals surface area (Å²) in [4.78, 5) is 27.2. The molecular weight excluding hydrogens is 440 g/mol. The summed E-state index contributed by atoms with van der Waals surface area (Å²) in [5.41, 5.74) is 0.660. The lowest BCUT2D eigenvalue weighted by Crippen LogP contribution is -2.37. The maximum absolute atomic E-state index is 12.8. The number of rotatable bonds is 10. The highest BCUT2D eigenvalue weighted by Gasteiger charge is 2.27. The topological polar surface area (TPSA) is 97.1 Å². The molecule has 0 aliphatic carbocycles. The first-order valence-corrected chi connectivity index (χ1v) is 11.4. The number of piperidine rings is 1. The fourth-order valence-electron chi connectivity index (χ4n) is 4.21. The number of methoxy groups -OCH3 is 4. The van der Waals surface area contributed by atoms with Crippen LogP contribution in [0.5, 0.6) is 17.2 Å². The number of likely N-dealkylation sites (tertiary alicyclic amines) is 1. The molecule has 0 spiro atoms. The normalized spacial score (nSPS) is 14.6. The SMILES string of the molecule is CCn1c(C2CCN(C(=O)/C=C/c3cc(OC)c(OC)c(OC)c3)CC2)nn(CCOC)c1=O. The summed E-state index contributed by atoms with van der Waals surface area (Å²) in [6.07, 6.45) is 4.81. The number of ether oxygens (including phenoxy) is 4. The van der Waals surface area contributed by atoms with E-state index in [0.717, 1.165) is 24.2 Å². The van der Waals surface area contributed by atoms with Crippen LogP contribution >= 0.6 is 0 Å². The Morgan fingerprint density at radius 2 is 1.74 bits per heavy atom. The van der Waals surface area contributed by atoms with Gasteiger partial charge in [-0.3, -0.25) is 9.36 Å². The number of hydrogen-bond donors (Lipinski definition) is 0. The number of amides is 1. The molecule has 0 N–H and O–H groups in total. The molecular formula is C24H34N4O6. The van der Waals surface area contributed by atoms with Crippen molar-refractivity contribution in [3.05, 3.63) is 40.1 Å². The third-order valence-electron chi connectivity index (χ3n) is 6.05. The van der Waals surface area contributed by atoms with Crippen LogP contribution in [0.15, 0.2) is 23.0 Å². The Labute approximate surface area is 199 Å². The summed E-state index contributed by atoms with van der Waals surface area (Å²) in [6, 6.07) is 3.59. The zero-order valence-electron chi connectivity index (χ0n) is 20.6. The van der Waals surface area contributed by atoms with Crippen LogP contribution < -0.4 is 19.9 Å². The van der Waals surface area contributed by atoms with Gasteiger partial charge in [-0.05, 0) is 43.5 Å². The van der Waals surface area contributed by atoms with Gasteiger partial charge in [-0.15, -0.1) is 0 Å². The molecule has 1 aliphatic heterocycles. The maximum atomic E-state index is 12.8. The molecule has 1 aliphatic rings. The Hall–Kier alpha value is -3.27. The predicted octanol–water partition coefficient (Wildman–Crippen LogP) is 2.16. The smallest absolute Gasteiger partial charge is 0.345 e. The van der Waals surface area contributed by atoms with E-state index in [1.807, 2.05) is 11.8 Å². The second kappa shape index (κ2) is 11.7. The van der Waals surface area contributed by atoms with E-state index in [4.69, 9.17) is 18.9 Å². The zero-order valence-corrected chi connectivity index (χ0v) is 20.6. The largest absolute Gasteiger partial charge is 0.493 e. The molecule has 0 unspecified atom stereocenters. The lowest BCUT2D eigenvalue weighted by atomic mass is 9.95. The number of nitrogens with zero attached hydrogens (tertiary/aromatic N) is 4. The van der Waals surface area contributed by atoms with E-state index in [1.54, 1.807) is 57.3 Å². The summed E-state index contributed by atoms with van der Waals surface area (Å²) < 4.78 is 24.4. The van der Waals surface area contributed by atoms with Crippen LogP contribution in [0.1, 0.15) is 37.1 Å². The van der Waals surface area contributed by atoms with Crippen molar-refractivity contribution in [2.75, 3.05) is 48.1 Å². The summed E-state index contributed by atoms with van der Waals surface area (Å²) in [6.45, 7) is 4.58. The van der Waals surface area contributed by atoms with Gasteiger partial charge in [0.15, 0.2) is 11.5 Å². The van der Waals surface area contributed by atoms with Crippen LogP contribution in [-0.4, -0.2) is 73.3 Å². The Bertz CT molecular complexity index is 1040. The standard InChI is InChI=1S/C24H34N4O6/c1-6-27-23(25-28(24(27)30)13-14-31-2)18-9-11-26(12-10-18)21(29)8-7-17-15-19(32-3)22(34-5)20(16-17)33-4/h7-8,15-16,18H,6,9-14H2,1-5H3/b8-7+. The molecule has 1 fully saturated rings. The van der Waals surface area contributed by atoms with E-state index < -0.39 is 0 Å². The summed E-state index contributed by atoms with van der Waals surface area (Å²) in [7, 11) is 6.26. The van der Waals surface area contributed by atoms with Crippen molar-refractivity contribution in [2.24, 2.45) is 0 Å². The molecule has 0 bridgehead atoms. The van der Waals surface area contributed by atoms with Crippen molar-refractivity contribution < 1.29 is 23.7 Å². The average Bonchev–Trinajstić information content (AvgIpc) is 3.20. The number of carbonyl (C=O) groups is 1. The summed E-state index contributed by atoms with van der Waals surface area (Å²) in [5, 5.41) is 4.57. The Morgan fingerprint density at radius 3 is 2.26 bits per heavy atom. The monoisotopic (exact) mass is 474 g/mol. The Morgan fingerprint density at radius 1 is 1.09 bits per heavy atom. The number of benzene rings is 1. The van der Waals surface area contributed by atoms with Gasteiger partial charge in [0.25, 0.3) is 0 Å². The van der Waals surface area contributed by atoms with Gasteiger partial charge in [0.2, 0.25) is 11.7 Å². The van der Waals surface area contributed by atoms with E-state index in [-0.39, 0.29) is 17.5 Å². The fraction of sp³-hybridized carbons (Fsp3) is 0.542. The number of aromatic nitrogens is 3. The van der Waals surface area contributed by atoms with Crippen molar-refractivity contribution in [1.82, 2.24) is 19.2 Å². The minimum absolute atomic E-state index is 0.0642. The third-order valence-corrected chi connectivity index (χ3v) is 6.05. The molecule has 34 heavy (non-hydrogen) atoms. The van der Waals surface area contributed by atoms with E-state index in [9.17, 15) is 9.59 Å². The quantitative estimate of drug-likeness (QED) is 0.487. The van der Waals surface area contributed by atoms with E-state index in [2.05, 4.69) is 5.10 Å². The lowest BCUT2D eigenvalue weighted by Gasteiger charge is -2.30. The highest BCUT2D eigenvalue weighted by Crippen LogP contribution is 2.38. The van der Waals surface area contributed by atoms with Crippen LogP contribution in [-0.2, 0) is 22.6 Å². The van der Waals surface area contributed by atoms with Crippen molar-refractivity contribution in [1.29, 1.82) is 0 Å². The van der Waals surface area contributed by atoms with Gasteiger partial charge in [-0.1, -0.05) is 0 Å². The molecule has 1 aromatic heterocycles. The van der Waals surface area contributed by atoms with Crippen LogP contribution in [0.4, 0.5) is 0 Å². The van der Waals surface area contributed by atoms with E-state index in [0.29, 0.717) is 50.0 Å². The van der Waals surface area contributed by atoms with Crippen LogP contribution in [0.25, 0.3) is 6.08 Å². The molecule has 186 valence electrons. The van der Waals surface area contributed by atoms with Gasteiger partial charge in [0.1, 0.15) is 5.82 Å². The molecule has 0 atom stereocenters. The lowest BCUT2D eigenvalue weighted by molar-refractivity contribution is -0.127. The van der Waals surface area contributed by atoms with E-state index >= 15 is 0 Å². The van der Waals surface area contributed by atoms with Crippen LogP contribution in [0.3, 0.4) is 0 Å². The molecule has 1 aromatic carbocycles. The third kappa shape index (κ3) is 5.44. The highest BCUT2D eigenvalue weighted by molar-refractivity contribution is 5.92. The fourth-order valence-corrected chi connectivity index (χ4v) is 4.21. The second-order valence-electron chi connectivity index (χ2n) is 7.99. The minimum Gasteiger partial charge on any atom is -0.493 e. The van der Waals surface area contributed by atoms with Gasteiger partial charge in [0, 0.05) is 38.7 Å². The van der Waals surface area contributed by atoms with Crippen molar-refractivity contribution in [3.8, 4) is 17.2 Å². The Kier molecular flexibility index (Phi) is 8.75. The average molecular weight is 475 g/mol. The molecule has 0 saturated carbocycles. The first-order chi connectivity index (χ1) is 16.5. The van der Waals surface area contributed by atoms with Gasteiger partial charge >= 0.3 is 5.69 Å².